The van der Waals surface area contributed by atoms with Gasteiger partial charge in [0.1, 0.15) is 17.1 Å². The third-order valence-electron chi connectivity index (χ3n) is 6.84. The zero-order valence-electron chi connectivity index (χ0n) is 24.4. The Labute approximate surface area is 242 Å². The fourth-order valence-electron chi connectivity index (χ4n) is 4.71. The Balaban J connectivity index is 1.63. The number of halogens is 3. The number of nitrogens with one attached hydrogen (secondary N) is 1. The van der Waals surface area contributed by atoms with Crippen LogP contribution in [-0.2, 0) is 11.0 Å². The number of hydrogen-bond acceptors (Lipinski definition) is 5. The highest BCUT2D eigenvalue weighted by Gasteiger charge is 2.40. The van der Waals surface area contributed by atoms with Crippen molar-refractivity contribution >= 4 is 22.6 Å². The Kier molecular flexibility index (Phi) is 8.99. The molecule has 9 heteroatoms. The summed E-state index contributed by atoms with van der Waals surface area (Å²) in [4.78, 5) is 26.1. The van der Waals surface area contributed by atoms with E-state index in [1.54, 1.807) is 18.2 Å². The first-order chi connectivity index (χ1) is 19.8. The third kappa shape index (κ3) is 6.61. The Bertz CT molecular complexity index is 1630. The van der Waals surface area contributed by atoms with Crippen molar-refractivity contribution in [2.45, 2.75) is 65.5 Å². The van der Waals surface area contributed by atoms with Gasteiger partial charge in [0, 0.05) is 11.8 Å². The molecule has 0 fully saturated rings. The molecule has 0 atom stereocenters. The molecule has 6 nitrogen and oxygen atoms in total. The number of rotatable bonds is 9. The van der Waals surface area contributed by atoms with Crippen LogP contribution in [0.25, 0.3) is 11.0 Å². The molecule has 0 aliphatic heterocycles. The van der Waals surface area contributed by atoms with E-state index >= 15 is 0 Å². The quantitative estimate of drug-likeness (QED) is 0.213. The van der Waals surface area contributed by atoms with Crippen molar-refractivity contribution < 1.29 is 31.9 Å². The Morgan fingerprint density at radius 2 is 1.45 bits per heavy atom. The van der Waals surface area contributed by atoms with Crippen molar-refractivity contribution in [3.8, 4) is 17.2 Å². The normalized spacial score (nSPS) is 11.9. The Morgan fingerprint density at radius 3 is 2.05 bits per heavy atom. The van der Waals surface area contributed by atoms with Gasteiger partial charge in [0.05, 0.1) is 5.39 Å². The molecule has 0 aliphatic rings. The van der Waals surface area contributed by atoms with Gasteiger partial charge in [-0.3, -0.25) is 9.59 Å². The van der Waals surface area contributed by atoms with E-state index < -0.39 is 35.6 Å². The second-order valence-corrected chi connectivity index (χ2v) is 11.0. The van der Waals surface area contributed by atoms with E-state index in [4.69, 9.17) is 13.9 Å². The monoisotopic (exact) mass is 581 g/mol. The molecule has 222 valence electrons. The van der Waals surface area contributed by atoms with Crippen molar-refractivity contribution in [2.75, 3.05) is 11.9 Å². The highest BCUT2D eigenvalue weighted by molar-refractivity contribution is 5.94. The van der Waals surface area contributed by atoms with Gasteiger partial charge in [-0.2, -0.15) is 13.2 Å². The molecule has 1 amide bonds. The first-order valence-electron chi connectivity index (χ1n) is 13.8. The Morgan fingerprint density at radius 1 is 0.857 bits per heavy atom. The number of benzene rings is 3. The molecule has 0 unspecified atom stereocenters. The number of carbonyl (C=O) groups is 1. The van der Waals surface area contributed by atoms with E-state index in [9.17, 15) is 22.8 Å². The van der Waals surface area contributed by atoms with Gasteiger partial charge in [0.25, 0.3) is 11.7 Å². The molecule has 4 aromatic rings. The number of anilines is 1. The largest absolute Gasteiger partial charge is 0.484 e. The molecule has 3 aromatic carbocycles. The van der Waals surface area contributed by atoms with Gasteiger partial charge in [0.15, 0.2) is 6.61 Å². The van der Waals surface area contributed by atoms with Crippen LogP contribution < -0.4 is 20.2 Å². The number of amides is 1. The van der Waals surface area contributed by atoms with Crippen molar-refractivity contribution in [3.63, 3.8) is 0 Å². The van der Waals surface area contributed by atoms with Crippen LogP contribution in [0.15, 0.2) is 69.9 Å². The van der Waals surface area contributed by atoms with Gasteiger partial charge < -0.3 is 19.2 Å². The molecule has 1 N–H and O–H groups in total. The molecule has 0 radical (unpaired) electrons. The van der Waals surface area contributed by atoms with Crippen LogP contribution in [0.1, 0.15) is 81.7 Å². The number of para-hydroxylation sites is 2. The van der Waals surface area contributed by atoms with Gasteiger partial charge in [-0.1, -0.05) is 77.9 Å². The van der Waals surface area contributed by atoms with Gasteiger partial charge >= 0.3 is 6.18 Å². The maximum absolute atomic E-state index is 14.1. The fourth-order valence-corrected chi connectivity index (χ4v) is 4.71. The van der Waals surface area contributed by atoms with Gasteiger partial charge in [-0.05, 0) is 52.6 Å². The van der Waals surface area contributed by atoms with E-state index in [1.165, 1.54) is 18.2 Å². The number of hydrogen-bond donors (Lipinski definition) is 1. The zero-order valence-corrected chi connectivity index (χ0v) is 24.4. The number of carbonyl (C=O) groups excluding carboxylic acids is 1. The maximum atomic E-state index is 14.1. The van der Waals surface area contributed by atoms with Gasteiger partial charge in [-0.15, -0.1) is 0 Å². The minimum absolute atomic E-state index is 0.0595. The van der Waals surface area contributed by atoms with Crippen molar-refractivity contribution in [1.82, 2.24) is 0 Å². The van der Waals surface area contributed by atoms with Crippen LogP contribution in [0.2, 0.25) is 0 Å². The average molecular weight is 582 g/mol. The lowest BCUT2D eigenvalue weighted by Gasteiger charge is -2.20. The minimum Gasteiger partial charge on any atom is -0.484 e. The van der Waals surface area contributed by atoms with Gasteiger partial charge in [-0.25, -0.2) is 0 Å². The summed E-state index contributed by atoms with van der Waals surface area (Å²) in [5, 5.41) is 2.81. The summed E-state index contributed by atoms with van der Waals surface area (Å²) < 4.78 is 58.6. The predicted octanol–water partition coefficient (Wildman–Crippen LogP) is 8.99. The van der Waals surface area contributed by atoms with Crippen LogP contribution in [0, 0.1) is 0 Å². The molecular formula is C33H34F3NO5. The fraction of sp³-hybridized carbons (Fsp3) is 0.333. The summed E-state index contributed by atoms with van der Waals surface area (Å²) in [6.07, 6.45) is -5.01. The molecule has 0 bridgehead atoms. The first-order valence-corrected chi connectivity index (χ1v) is 13.8. The zero-order chi connectivity index (χ0) is 30.8. The summed E-state index contributed by atoms with van der Waals surface area (Å²) in [5.74, 6) is -2.46. The number of ether oxygens (including phenoxy) is 2. The molecule has 0 aliphatic carbocycles. The maximum Gasteiger partial charge on any atom is 0.453 e. The van der Waals surface area contributed by atoms with Crippen LogP contribution in [0.4, 0.5) is 18.9 Å². The molecule has 42 heavy (non-hydrogen) atoms. The van der Waals surface area contributed by atoms with Crippen LogP contribution >= 0.6 is 0 Å². The molecule has 1 heterocycles. The summed E-state index contributed by atoms with van der Waals surface area (Å²) in [6, 6.07) is 16.3. The van der Waals surface area contributed by atoms with Crippen LogP contribution in [0.5, 0.6) is 17.2 Å². The predicted molar refractivity (Wildman–Crippen MR) is 157 cm³/mol. The van der Waals surface area contributed by atoms with Crippen molar-refractivity contribution in [2.24, 2.45) is 0 Å². The molecule has 4 rings (SSSR count). The van der Waals surface area contributed by atoms with Crippen molar-refractivity contribution in [3.05, 3.63) is 93.3 Å². The molecule has 1 aromatic heterocycles. The summed E-state index contributed by atoms with van der Waals surface area (Å²) in [5.41, 5.74) is 2.01. The van der Waals surface area contributed by atoms with Crippen LogP contribution in [0.3, 0.4) is 0 Å². The SMILES string of the molecule is CC(C)c1ccccc1Oc1c(C(F)(F)F)oc2cc(OCC(=O)Nc3c(C(C)C)cccc3C(C)C)ccc2c1=O. The van der Waals surface area contributed by atoms with E-state index in [1.807, 2.05) is 59.7 Å². The van der Waals surface area contributed by atoms with Crippen molar-refractivity contribution in [1.29, 1.82) is 0 Å². The molecular weight excluding hydrogens is 547 g/mol. The average Bonchev–Trinajstić information content (AvgIpc) is 2.92. The lowest BCUT2D eigenvalue weighted by molar-refractivity contribution is -0.154. The molecule has 0 saturated heterocycles. The van der Waals surface area contributed by atoms with Crippen LogP contribution in [-0.4, -0.2) is 12.5 Å². The number of alkyl halides is 3. The number of fused-ring (bicyclic) bond motifs is 1. The van der Waals surface area contributed by atoms with E-state index in [0.717, 1.165) is 22.9 Å². The summed E-state index contributed by atoms with van der Waals surface area (Å²) in [6.45, 7) is 11.4. The topological polar surface area (TPSA) is 77.8 Å². The standard InChI is InChI=1S/C33H34F3NO5/c1-18(2)22-10-7-8-13-26(22)41-31-30(39)25-15-14-21(16-27(25)42-32(31)33(34,35)36)40-17-28(38)37-29-23(19(3)4)11-9-12-24(29)20(5)6/h7-16,18-20H,17H2,1-6H3,(H,37,38). The van der Waals surface area contributed by atoms with Gasteiger partial charge in [0.2, 0.25) is 11.2 Å². The summed E-state index contributed by atoms with van der Waals surface area (Å²) in [7, 11) is 0. The lowest BCUT2D eigenvalue weighted by Crippen LogP contribution is -2.22. The smallest absolute Gasteiger partial charge is 0.453 e. The molecule has 0 saturated carbocycles. The van der Waals surface area contributed by atoms with E-state index in [2.05, 4.69) is 5.32 Å². The Hall–Kier alpha value is -4.27. The highest BCUT2D eigenvalue weighted by atomic mass is 19.4. The molecule has 0 spiro atoms. The van der Waals surface area contributed by atoms with E-state index in [-0.39, 0.29) is 40.2 Å². The second kappa shape index (κ2) is 12.3. The lowest BCUT2D eigenvalue weighted by atomic mass is 9.92. The third-order valence-corrected chi connectivity index (χ3v) is 6.84. The highest BCUT2D eigenvalue weighted by Crippen LogP contribution is 2.40. The minimum atomic E-state index is -5.01. The second-order valence-electron chi connectivity index (χ2n) is 11.0. The summed E-state index contributed by atoms with van der Waals surface area (Å²) >= 11 is 0. The van der Waals surface area contributed by atoms with E-state index in [0.29, 0.717) is 5.56 Å². The first kappa shape index (κ1) is 30.7.